The average Bonchev–Trinajstić information content (AvgIpc) is 3.08. The van der Waals surface area contributed by atoms with E-state index < -0.39 is 0 Å². The predicted molar refractivity (Wildman–Crippen MR) is 109 cm³/mol. The second-order valence-electron chi connectivity index (χ2n) is 6.75. The van der Waals surface area contributed by atoms with Crippen LogP contribution in [0.1, 0.15) is 56.3 Å². The molecule has 0 amide bonds. The van der Waals surface area contributed by atoms with E-state index in [0.29, 0.717) is 0 Å². The summed E-state index contributed by atoms with van der Waals surface area (Å²) in [4.78, 5) is 13.2. The van der Waals surface area contributed by atoms with Crippen LogP contribution in [0.3, 0.4) is 0 Å². The molecule has 2 heterocycles. The molecule has 1 atom stereocenters. The zero-order chi connectivity index (χ0) is 17.9. The Balaban J connectivity index is 1.68. The first-order valence-corrected chi connectivity index (χ1v) is 10.7. The molecule has 2 N–H and O–H groups in total. The van der Waals surface area contributed by atoms with Gasteiger partial charge in [-0.2, -0.15) is 0 Å². The van der Waals surface area contributed by atoms with Crippen LogP contribution in [0, 0.1) is 0 Å². The summed E-state index contributed by atoms with van der Waals surface area (Å²) in [5.74, 6) is 0.932. The first kappa shape index (κ1) is 20.2. The van der Waals surface area contributed by atoms with Gasteiger partial charge in [-0.15, -0.1) is 11.3 Å². The molecule has 6 heteroatoms. The maximum Gasteiger partial charge on any atom is 0.191 e. The van der Waals surface area contributed by atoms with Crippen molar-refractivity contribution in [3.05, 3.63) is 16.1 Å². The van der Waals surface area contributed by atoms with Gasteiger partial charge in [0.25, 0.3) is 0 Å². The Hall–Kier alpha value is -1.14. The highest BCUT2D eigenvalue weighted by Crippen LogP contribution is 2.16. The lowest BCUT2D eigenvalue weighted by Gasteiger charge is -2.33. The van der Waals surface area contributed by atoms with E-state index in [-0.39, 0.29) is 0 Å². The van der Waals surface area contributed by atoms with E-state index in [1.165, 1.54) is 42.2 Å². The van der Waals surface area contributed by atoms with Crippen LogP contribution in [0.4, 0.5) is 0 Å². The summed E-state index contributed by atoms with van der Waals surface area (Å²) in [6.07, 6.45) is 9.26. The molecule has 1 aromatic rings. The van der Waals surface area contributed by atoms with Crippen molar-refractivity contribution in [2.75, 3.05) is 32.7 Å². The van der Waals surface area contributed by atoms with Crippen LogP contribution >= 0.6 is 11.3 Å². The summed E-state index contributed by atoms with van der Waals surface area (Å²) < 4.78 is 0. The summed E-state index contributed by atoms with van der Waals surface area (Å²) in [5.41, 5.74) is 0. The maximum atomic E-state index is 4.73. The zero-order valence-corrected chi connectivity index (χ0v) is 17.0. The third kappa shape index (κ3) is 7.32. The van der Waals surface area contributed by atoms with Crippen molar-refractivity contribution >= 4 is 17.3 Å². The van der Waals surface area contributed by atoms with Gasteiger partial charge < -0.3 is 15.5 Å². The lowest BCUT2D eigenvalue weighted by Crippen LogP contribution is -2.39. The fraction of sp³-hybridized carbons (Fsp3) is 0.789. The van der Waals surface area contributed by atoms with Crippen LogP contribution in [0.2, 0.25) is 0 Å². The Kier molecular flexibility index (Phi) is 9.26. The number of thiazole rings is 1. The highest BCUT2D eigenvalue weighted by molar-refractivity contribution is 7.11. The molecule has 1 fully saturated rings. The summed E-state index contributed by atoms with van der Waals surface area (Å²) >= 11 is 1.82. The second kappa shape index (κ2) is 11.5. The molecular formula is C19H35N5S. The standard InChI is InChI=1S/C19H35N5S/c1-4-17-15-23-18(25-17)10-12-22-19(20-5-2)21-11-8-14-24-13-7-6-9-16(24)3/h15-16H,4-14H2,1-3H3,(H2,20,21,22). The molecule has 0 radical (unpaired) electrons. The number of aryl methyl sites for hydroxylation is 1. The van der Waals surface area contributed by atoms with E-state index in [0.717, 1.165) is 50.9 Å². The van der Waals surface area contributed by atoms with Crippen molar-refractivity contribution in [2.24, 2.45) is 4.99 Å². The van der Waals surface area contributed by atoms with Gasteiger partial charge in [-0.05, 0) is 46.1 Å². The van der Waals surface area contributed by atoms with E-state index in [2.05, 4.69) is 41.3 Å². The maximum absolute atomic E-state index is 4.73. The normalized spacial score (nSPS) is 19.2. The third-order valence-electron chi connectivity index (χ3n) is 4.74. The molecule has 0 saturated carbocycles. The van der Waals surface area contributed by atoms with Crippen LogP contribution in [-0.4, -0.2) is 54.6 Å². The smallest absolute Gasteiger partial charge is 0.191 e. The van der Waals surface area contributed by atoms with Gasteiger partial charge >= 0.3 is 0 Å². The van der Waals surface area contributed by atoms with Gasteiger partial charge in [-0.25, -0.2) is 4.98 Å². The first-order chi connectivity index (χ1) is 12.2. The van der Waals surface area contributed by atoms with E-state index >= 15 is 0 Å². The minimum atomic E-state index is 0.746. The van der Waals surface area contributed by atoms with Crippen molar-refractivity contribution in [1.82, 2.24) is 20.5 Å². The van der Waals surface area contributed by atoms with Gasteiger partial charge in [0.2, 0.25) is 0 Å². The molecular weight excluding hydrogens is 330 g/mol. The summed E-state index contributed by atoms with van der Waals surface area (Å²) in [7, 11) is 0. The van der Waals surface area contributed by atoms with E-state index in [4.69, 9.17) is 4.99 Å². The number of rotatable bonds is 9. The average molecular weight is 366 g/mol. The number of likely N-dealkylation sites (tertiary alicyclic amines) is 1. The SMILES string of the molecule is CCNC(=NCCCN1CCCCC1C)NCCc1ncc(CC)s1. The van der Waals surface area contributed by atoms with Crippen LogP contribution in [0.5, 0.6) is 0 Å². The number of hydrogen-bond donors (Lipinski definition) is 2. The number of hydrogen-bond acceptors (Lipinski definition) is 4. The molecule has 25 heavy (non-hydrogen) atoms. The molecule has 2 rings (SSSR count). The molecule has 0 aromatic carbocycles. The second-order valence-corrected chi connectivity index (χ2v) is 7.95. The number of nitrogens with one attached hydrogen (secondary N) is 2. The van der Waals surface area contributed by atoms with Crippen LogP contribution in [0.25, 0.3) is 0 Å². The van der Waals surface area contributed by atoms with Crippen molar-refractivity contribution < 1.29 is 0 Å². The van der Waals surface area contributed by atoms with Gasteiger partial charge in [0, 0.05) is 49.7 Å². The topological polar surface area (TPSA) is 52.6 Å². The van der Waals surface area contributed by atoms with E-state index in [9.17, 15) is 0 Å². The zero-order valence-electron chi connectivity index (χ0n) is 16.2. The van der Waals surface area contributed by atoms with Gasteiger partial charge in [-0.1, -0.05) is 13.3 Å². The van der Waals surface area contributed by atoms with Crippen molar-refractivity contribution in [3.63, 3.8) is 0 Å². The van der Waals surface area contributed by atoms with Crippen molar-refractivity contribution in [1.29, 1.82) is 0 Å². The number of aliphatic imine (C=N–C) groups is 1. The molecule has 0 bridgehead atoms. The molecule has 0 spiro atoms. The number of guanidine groups is 1. The highest BCUT2D eigenvalue weighted by Gasteiger charge is 2.16. The molecule has 1 aromatic heterocycles. The lowest BCUT2D eigenvalue weighted by atomic mass is 10.0. The minimum absolute atomic E-state index is 0.746. The fourth-order valence-electron chi connectivity index (χ4n) is 3.21. The molecule has 1 aliphatic heterocycles. The van der Waals surface area contributed by atoms with Crippen LogP contribution in [-0.2, 0) is 12.8 Å². The lowest BCUT2D eigenvalue weighted by molar-refractivity contribution is 0.160. The van der Waals surface area contributed by atoms with Gasteiger partial charge in [0.05, 0.1) is 5.01 Å². The van der Waals surface area contributed by atoms with Crippen molar-refractivity contribution in [3.8, 4) is 0 Å². The van der Waals surface area contributed by atoms with Crippen LogP contribution in [0.15, 0.2) is 11.2 Å². The highest BCUT2D eigenvalue weighted by atomic mass is 32.1. The Bertz CT molecular complexity index is 514. The quantitative estimate of drug-likeness (QED) is 0.401. The fourth-order valence-corrected chi connectivity index (χ4v) is 4.07. The largest absolute Gasteiger partial charge is 0.357 e. The Morgan fingerprint density at radius 2 is 2.24 bits per heavy atom. The Morgan fingerprint density at radius 1 is 1.36 bits per heavy atom. The van der Waals surface area contributed by atoms with Crippen molar-refractivity contribution in [2.45, 2.75) is 65.3 Å². The predicted octanol–water partition coefficient (Wildman–Crippen LogP) is 3.07. The molecule has 142 valence electrons. The molecule has 1 unspecified atom stereocenters. The summed E-state index contributed by atoms with van der Waals surface area (Å²) in [6, 6.07) is 0.746. The molecule has 1 aliphatic rings. The number of aromatic nitrogens is 1. The van der Waals surface area contributed by atoms with Gasteiger partial charge in [0.15, 0.2) is 5.96 Å². The summed E-state index contributed by atoms with van der Waals surface area (Å²) in [5, 5.41) is 7.98. The third-order valence-corrected chi connectivity index (χ3v) is 5.94. The van der Waals surface area contributed by atoms with Gasteiger partial charge in [-0.3, -0.25) is 4.99 Å². The minimum Gasteiger partial charge on any atom is -0.357 e. The molecule has 5 nitrogen and oxygen atoms in total. The monoisotopic (exact) mass is 365 g/mol. The van der Waals surface area contributed by atoms with Crippen LogP contribution < -0.4 is 10.6 Å². The number of nitrogens with zero attached hydrogens (tertiary/aromatic N) is 3. The first-order valence-electron chi connectivity index (χ1n) is 9.92. The summed E-state index contributed by atoms with van der Waals surface area (Å²) in [6.45, 7) is 11.7. The Labute approximate surface area is 157 Å². The molecule has 1 saturated heterocycles. The number of piperidine rings is 1. The Morgan fingerprint density at radius 3 is 2.96 bits per heavy atom. The van der Waals surface area contributed by atoms with E-state index in [1.54, 1.807) is 0 Å². The molecule has 0 aliphatic carbocycles. The van der Waals surface area contributed by atoms with Gasteiger partial charge in [0.1, 0.15) is 0 Å². The van der Waals surface area contributed by atoms with E-state index in [1.807, 2.05) is 17.5 Å².